The number of carbonyl (C=O) groups is 4. The molecule has 0 saturated carbocycles. The maximum absolute atomic E-state index is 13.6. The van der Waals surface area contributed by atoms with Crippen LogP contribution in [0.25, 0.3) is 21.5 Å². The van der Waals surface area contributed by atoms with E-state index in [0.29, 0.717) is 6.42 Å². The number of aliphatic imine (C=N–C) groups is 1. The van der Waals surface area contributed by atoms with Crippen molar-refractivity contribution in [3.63, 3.8) is 0 Å². The first kappa shape index (κ1) is 32.5. The molecule has 0 saturated heterocycles. The molecule has 0 bridgehead atoms. The van der Waals surface area contributed by atoms with Gasteiger partial charge in [-0.2, -0.15) is 0 Å². The van der Waals surface area contributed by atoms with E-state index in [4.69, 9.17) is 17.2 Å². The normalized spacial score (nSPS) is 12.9. The minimum atomic E-state index is -1.06. The van der Waals surface area contributed by atoms with Gasteiger partial charge in [-0.05, 0) is 45.5 Å². The molecule has 45 heavy (non-hydrogen) atoms. The predicted octanol–water partition coefficient (Wildman–Crippen LogP) is 1.79. The highest BCUT2D eigenvalue weighted by atomic mass is 16.2. The van der Waals surface area contributed by atoms with E-state index in [1.807, 2.05) is 84.9 Å². The number of fused-ring (bicyclic) bond motifs is 2. The SMILES string of the molecule is CC(=O)N[C@H](Cc1ccc2ccccc2c1)C(=O)N[C@@H](CCCN=C(N)N)C(=O)N[C@H](Cc1ccc2ccccc2c1)C(N)=O. The fourth-order valence-corrected chi connectivity index (χ4v) is 5.20. The summed E-state index contributed by atoms with van der Waals surface area (Å²) in [5, 5.41) is 12.3. The van der Waals surface area contributed by atoms with Crippen molar-refractivity contribution < 1.29 is 19.2 Å². The van der Waals surface area contributed by atoms with Gasteiger partial charge in [0.05, 0.1) is 0 Å². The van der Waals surface area contributed by atoms with Gasteiger partial charge >= 0.3 is 0 Å². The average Bonchev–Trinajstić information content (AvgIpc) is 3.01. The van der Waals surface area contributed by atoms with Gasteiger partial charge in [-0.15, -0.1) is 0 Å². The Morgan fingerprint density at radius 1 is 0.644 bits per heavy atom. The van der Waals surface area contributed by atoms with Crippen LogP contribution >= 0.6 is 0 Å². The number of nitrogens with two attached hydrogens (primary N) is 3. The van der Waals surface area contributed by atoms with Gasteiger partial charge in [-0.3, -0.25) is 24.2 Å². The number of guanidine groups is 1. The Morgan fingerprint density at radius 3 is 1.64 bits per heavy atom. The summed E-state index contributed by atoms with van der Waals surface area (Å²) in [6.45, 7) is 1.55. The maximum atomic E-state index is 13.6. The van der Waals surface area contributed by atoms with Gasteiger partial charge in [-0.1, -0.05) is 84.9 Å². The third-order valence-electron chi connectivity index (χ3n) is 7.44. The van der Waals surface area contributed by atoms with Crippen molar-refractivity contribution in [3.8, 4) is 0 Å². The van der Waals surface area contributed by atoms with Crippen LogP contribution in [-0.4, -0.2) is 54.3 Å². The summed E-state index contributed by atoms with van der Waals surface area (Å²) >= 11 is 0. The van der Waals surface area contributed by atoms with E-state index < -0.39 is 41.8 Å². The van der Waals surface area contributed by atoms with Crippen LogP contribution in [0.2, 0.25) is 0 Å². The third-order valence-corrected chi connectivity index (χ3v) is 7.44. The van der Waals surface area contributed by atoms with Crippen molar-refractivity contribution in [2.75, 3.05) is 6.54 Å². The molecule has 0 aliphatic carbocycles. The first-order valence-electron chi connectivity index (χ1n) is 14.8. The lowest BCUT2D eigenvalue weighted by Gasteiger charge is -2.25. The van der Waals surface area contributed by atoms with Crippen molar-refractivity contribution in [1.82, 2.24) is 16.0 Å². The Balaban J connectivity index is 1.51. The molecule has 0 aliphatic heterocycles. The Kier molecular flexibility index (Phi) is 11.1. The number of amides is 4. The molecule has 4 rings (SSSR count). The first-order chi connectivity index (χ1) is 21.6. The molecule has 0 heterocycles. The zero-order valence-electron chi connectivity index (χ0n) is 25.2. The molecule has 11 heteroatoms. The van der Waals surface area contributed by atoms with Crippen LogP contribution in [0, 0.1) is 0 Å². The molecule has 0 spiro atoms. The van der Waals surface area contributed by atoms with Gasteiger partial charge in [0.1, 0.15) is 18.1 Å². The van der Waals surface area contributed by atoms with E-state index in [2.05, 4.69) is 20.9 Å². The molecule has 234 valence electrons. The zero-order chi connectivity index (χ0) is 32.3. The Hall–Kier alpha value is -5.45. The van der Waals surface area contributed by atoms with Gasteiger partial charge in [0.15, 0.2) is 5.96 Å². The zero-order valence-corrected chi connectivity index (χ0v) is 25.2. The third kappa shape index (κ3) is 9.52. The summed E-state index contributed by atoms with van der Waals surface area (Å²) in [5.41, 5.74) is 18.2. The molecular weight excluding hydrogens is 570 g/mol. The number of nitrogens with one attached hydrogen (secondary N) is 3. The number of benzene rings is 4. The molecule has 0 aliphatic rings. The second kappa shape index (κ2) is 15.3. The lowest BCUT2D eigenvalue weighted by atomic mass is 10.00. The summed E-state index contributed by atoms with van der Waals surface area (Å²) in [4.78, 5) is 55.6. The summed E-state index contributed by atoms with van der Waals surface area (Å²) in [6.07, 6.45) is 0.887. The Bertz CT molecular complexity index is 1720. The van der Waals surface area contributed by atoms with Crippen molar-refractivity contribution >= 4 is 51.1 Å². The van der Waals surface area contributed by atoms with Crippen molar-refractivity contribution in [2.45, 2.75) is 50.7 Å². The molecule has 0 fully saturated rings. The highest BCUT2D eigenvalue weighted by molar-refractivity contribution is 5.94. The summed E-state index contributed by atoms with van der Waals surface area (Å²) in [5.74, 6) is -2.34. The average molecular weight is 610 g/mol. The predicted molar refractivity (Wildman–Crippen MR) is 176 cm³/mol. The summed E-state index contributed by atoms with van der Waals surface area (Å²) in [6, 6.07) is 24.2. The van der Waals surface area contributed by atoms with Gasteiger partial charge in [0, 0.05) is 26.3 Å². The minimum absolute atomic E-state index is 0.0923. The highest BCUT2D eigenvalue weighted by Crippen LogP contribution is 2.18. The van der Waals surface area contributed by atoms with Crippen molar-refractivity contribution in [3.05, 3.63) is 96.1 Å². The van der Waals surface area contributed by atoms with Gasteiger partial charge in [-0.25, -0.2) is 0 Å². The molecule has 0 unspecified atom stereocenters. The molecule has 11 nitrogen and oxygen atoms in total. The second-order valence-corrected chi connectivity index (χ2v) is 11.0. The van der Waals surface area contributed by atoms with E-state index in [0.717, 1.165) is 32.7 Å². The summed E-state index contributed by atoms with van der Waals surface area (Å²) < 4.78 is 0. The quantitative estimate of drug-likeness (QED) is 0.0716. The molecule has 3 atom stereocenters. The summed E-state index contributed by atoms with van der Waals surface area (Å²) in [7, 11) is 0. The van der Waals surface area contributed by atoms with Gasteiger partial charge < -0.3 is 33.2 Å². The number of hydrogen-bond acceptors (Lipinski definition) is 5. The topological polar surface area (TPSA) is 195 Å². The molecule has 4 aromatic carbocycles. The molecule has 0 aromatic heterocycles. The highest BCUT2D eigenvalue weighted by Gasteiger charge is 2.29. The number of rotatable bonds is 14. The van der Waals surface area contributed by atoms with Crippen LogP contribution in [0.5, 0.6) is 0 Å². The van der Waals surface area contributed by atoms with E-state index in [1.165, 1.54) is 6.92 Å². The number of primary amides is 1. The monoisotopic (exact) mass is 609 g/mol. The molecular formula is C34H39N7O4. The fourth-order valence-electron chi connectivity index (χ4n) is 5.20. The van der Waals surface area contributed by atoms with Crippen LogP contribution in [0.4, 0.5) is 0 Å². The number of hydrogen-bond donors (Lipinski definition) is 6. The standard InChI is InChI=1S/C34H39N7O4/c1-21(42)39-30(20-23-13-15-25-8-3-5-10-27(25)18-23)33(45)40-28(11-6-16-38-34(36)37)32(44)41-29(31(35)43)19-22-12-14-24-7-2-4-9-26(24)17-22/h2-5,7-10,12-15,17-18,28-30H,6,11,16,19-20H2,1H3,(H2,35,43)(H,39,42)(H,40,45)(H,41,44)(H4,36,37,38)/t28-,29+,30+/m0/s1. The Morgan fingerprint density at radius 2 is 1.13 bits per heavy atom. The van der Waals surface area contributed by atoms with Gasteiger partial charge in [0.25, 0.3) is 0 Å². The second-order valence-electron chi connectivity index (χ2n) is 11.0. The van der Waals surface area contributed by atoms with Crippen LogP contribution in [0.3, 0.4) is 0 Å². The largest absolute Gasteiger partial charge is 0.370 e. The lowest BCUT2D eigenvalue weighted by molar-refractivity contribution is -0.133. The van der Waals surface area contributed by atoms with Crippen LogP contribution in [-0.2, 0) is 32.0 Å². The van der Waals surface area contributed by atoms with Crippen LogP contribution < -0.4 is 33.2 Å². The molecule has 4 amide bonds. The molecule has 9 N–H and O–H groups in total. The molecule has 4 aromatic rings. The van der Waals surface area contributed by atoms with E-state index in [9.17, 15) is 19.2 Å². The van der Waals surface area contributed by atoms with Crippen LogP contribution in [0.15, 0.2) is 89.9 Å². The van der Waals surface area contributed by atoms with Crippen molar-refractivity contribution in [1.29, 1.82) is 0 Å². The lowest BCUT2D eigenvalue weighted by Crippen LogP contribution is -2.57. The van der Waals surface area contributed by atoms with Crippen LogP contribution in [0.1, 0.15) is 30.9 Å². The Labute approximate surface area is 261 Å². The van der Waals surface area contributed by atoms with E-state index >= 15 is 0 Å². The number of nitrogens with zero attached hydrogens (tertiary/aromatic N) is 1. The van der Waals surface area contributed by atoms with E-state index in [1.54, 1.807) is 0 Å². The first-order valence-corrected chi connectivity index (χ1v) is 14.8. The maximum Gasteiger partial charge on any atom is 0.243 e. The smallest absolute Gasteiger partial charge is 0.243 e. The van der Waals surface area contributed by atoms with Crippen molar-refractivity contribution in [2.24, 2.45) is 22.2 Å². The minimum Gasteiger partial charge on any atom is -0.370 e. The molecule has 0 radical (unpaired) electrons. The van der Waals surface area contributed by atoms with E-state index in [-0.39, 0.29) is 31.8 Å². The van der Waals surface area contributed by atoms with Gasteiger partial charge in [0.2, 0.25) is 23.6 Å². The number of carbonyl (C=O) groups excluding carboxylic acids is 4. The fraction of sp³-hybridized carbons (Fsp3) is 0.265.